The van der Waals surface area contributed by atoms with Crippen LogP contribution >= 0.6 is 0 Å². The number of benzene rings is 1. The number of ether oxygens (including phenoxy) is 1. The Morgan fingerprint density at radius 3 is 2.71 bits per heavy atom. The van der Waals surface area contributed by atoms with Crippen molar-refractivity contribution in [2.45, 2.75) is 26.9 Å². The lowest BCUT2D eigenvalue weighted by atomic mass is 10.1. The maximum Gasteiger partial charge on any atom is 0.151 e. The molecule has 1 rings (SSSR count). The second kappa shape index (κ2) is 8.36. The average molecular weight is 315 g/mol. The van der Waals surface area contributed by atoms with E-state index in [9.17, 15) is 13.5 Å². The first-order valence-corrected chi connectivity index (χ1v) is 8.95. The molecule has 0 aromatic heterocycles. The van der Waals surface area contributed by atoms with Gasteiger partial charge in [0.05, 0.1) is 5.75 Å². The van der Waals surface area contributed by atoms with E-state index >= 15 is 0 Å². The highest BCUT2D eigenvalue weighted by Crippen LogP contribution is 2.19. The number of aryl methyl sites for hydroxylation is 2. The summed E-state index contributed by atoms with van der Waals surface area (Å²) in [5.74, 6) is 1.00. The number of aliphatic hydroxyl groups excluding tert-OH is 1. The van der Waals surface area contributed by atoms with Crippen molar-refractivity contribution >= 4 is 9.84 Å². The lowest BCUT2D eigenvalue weighted by Crippen LogP contribution is -2.34. The van der Waals surface area contributed by atoms with Gasteiger partial charge >= 0.3 is 0 Å². The predicted octanol–water partition coefficient (Wildman–Crippen LogP) is 1.07. The fourth-order valence-electron chi connectivity index (χ4n) is 1.75. The van der Waals surface area contributed by atoms with Crippen molar-refractivity contribution in [1.29, 1.82) is 0 Å². The molecule has 0 heterocycles. The van der Waals surface area contributed by atoms with Gasteiger partial charge in [-0.2, -0.15) is 0 Å². The van der Waals surface area contributed by atoms with Gasteiger partial charge in [-0.15, -0.1) is 0 Å². The van der Waals surface area contributed by atoms with Gasteiger partial charge < -0.3 is 15.2 Å². The molecular weight excluding hydrogens is 290 g/mol. The molecule has 0 bridgehead atoms. The maximum atomic E-state index is 11.3. The number of hydrogen-bond acceptors (Lipinski definition) is 5. The second-order valence-electron chi connectivity index (χ2n) is 5.17. The van der Waals surface area contributed by atoms with Crippen LogP contribution in [0.2, 0.25) is 0 Å². The highest BCUT2D eigenvalue weighted by Gasteiger charge is 2.09. The zero-order valence-corrected chi connectivity index (χ0v) is 13.7. The first-order valence-electron chi connectivity index (χ1n) is 7.13. The maximum absolute atomic E-state index is 11.3. The average Bonchev–Trinajstić information content (AvgIpc) is 2.44. The molecule has 21 heavy (non-hydrogen) atoms. The molecule has 6 heteroatoms. The van der Waals surface area contributed by atoms with E-state index in [2.05, 4.69) is 5.32 Å². The summed E-state index contributed by atoms with van der Waals surface area (Å²) in [4.78, 5) is 0. The van der Waals surface area contributed by atoms with Crippen LogP contribution in [0.25, 0.3) is 0 Å². The second-order valence-corrected chi connectivity index (χ2v) is 7.65. The van der Waals surface area contributed by atoms with Crippen molar-refractivity contribution in [3.05, 3.63) is 29.3 Å². The standard InChI is InChI=1S/C15H25NO4S/c1-4-21(18,19)8-7-16-10-14(17)11-20-15-9-12(2)5-6-13(15)3/h5-6,9,14,16-17H,4,7-8,10-11H2,1-3H3. The number of aliphatic hydroxyl groups is 1. The van der Waals surface area contributed by atoms with E-state index in [1.54, 1.807) is 6.92 Å². The van der Waals surface area contributed by atoms with Crippen LogP contribution in [-0.2, 0) is 9.84 Å². The van der Waals surface area contributed by atoms with Crippen LogP contribution in [0.1, 0.15) is 18.1 Å². The Balaban J connectivity index is 2.28. The molecule has 5 nitrogen and oxygen atoms in total. The smallest absolute Gasteiger partial charge is 0.151 e. The van der Waals surface area contributed by atoms with E-state index in [1.165, 1.54) is 0 Å². The molecule has 1 aromatic rings. The first kappa shape index (κ1) is 17.9. The number of sulfone groups is 1. The summed E-state index contributed by atoms with van der Waals surface area (Å²) >= 11 is 0. The number of nitrogens with one attached hydrogen (secondary N) is 1. The van der Waals surface area contributed by atoms with Gasteiger partial charge in [-0.05, 0) is 31.0 Å². The molecule has 1 atom stereocenters. The molecule has 0 aliphatic rings. The molecule has 120 valence electrons. The molecule has 1 unspecified atom stereocenters. The summed E-state index contributed by atoms with van der Waals surface area (Å²) in [5, 5.41) is 12.7. The van der Waals surface area contributed by atoms with Crippen molar-refractivity contribution in [3.8, 4) is 5.75 Å². The molecule has 0 amide bonds. The largest absolute Gasteiger partial charge is 0.491 e. The molecule has 0 aliphatic carbocycles. The molecule has 0 spiro atoms. The monoisotopic (exact) mass is 315 g/mol. The Morgan fingerprint density at radius 1 is 1.33 bits per heavy atom. The summed E-state index contributed by atoms with van der Waals surface area (Å²) < 4.78 is 28.2. The Morgan fingerprint density at radius 2 is 2.05 bits per heavy atom. The van der Waals surface area contributed by atoms with E-state index in [4.69, 9.17) is 4.74 Å². The minimum atomic E-state index is -2.96. The highest BCUT2D eigenvalue weighted by molar-refractivity contribution is 7.91. The van der Waals surface area contributed by atoms with Crippen LogP contribution in [0.5, 0.6) is 5.75 Å². The molecular formula is C15H25NO4S. The van der Waals surface area contributed by atoms with Gasteiger partial charge in [0.15, 0.2) is 9.84 Å². The van der Waals surface area contributed by atoms with Gasteiger partial charge in [0.25, 0.3) is 0 Å². The molecule has 0 radical (unpaired) electrons. The first-order chi connectivity index (χ1) is 9.84. The fourth-order valence-corrected chi connectivity index (χ4v) is 2.49. The molecule has 0 aliphatic heterocycles. The number of hydrogen-bond donors (Lipinski definition) is 2. The third-order valence-electron chi connectivity index (χ3n) is 3.18. The van der Waals surface area contributed by atoms with Gasteiger partial charge in [-0.1, -0.05) is 19.1 Å². The van der Waals surface area contributed by atoms with E-state index < -0.39 is 15.9 Å². The topological polar surface area (TPSA) is 75.6 Å². The Labute approximate surface area is 127 Å². The van der Waals surface area contributed by atoms with Crippen molar-refractivity contribution in [3.63, 3.8) is 0 Å². The van der Waals surface area contributed by atoms with E-state index in [0.29, 0.717) is 13.1 Å². The number of rotatable bonds is 9. The van der Waals surface area contributed by atoms with Crippen molar-refractivity contribution in [2.24, 2.45) is 0 Å². The molecule has 0 saturated heterocycles. The van der Waals surface area contributed by atoms with Gasteiger partial charge in [-0.25, -0.2) is 8.42 Å². The summed E-state index contributed by atoms with van der Waals surface area (Å²) in [6.45, 7) is 6.40. The quantitative estimate of drug-likeness (QED) is 0.667. The Bertz CT molecular complexity index is 543. The summed E-state index contributed by atoms with van der Waals surface area (Å²) in [5.41, 5.74) is 2.13. The van der Waals surface area contributed by atoms with Gasteiger partial charge in [0.1, 0.15) is 18.5 Å². The third kappa shape index (κ3) is 6.93. The van der Waals surface area contributed by atoms with E-state index in [0.717, 1.165) is 16.9 Å². The predicted molar refractivity (Wildman–Crippen MR) is 84.6 cm³/mol. The summed E-state index contributed by atoms with van der Waals surface area (Å²) in [7, 11) is -2.96. The highest BCUT2D eigenvalue weighted by atomic mass is 32.2. The van der Waals surface area contributed by atoms with Gasteiger partial charge in [0, 0.05) is 18.8 Å². The van der Waals surface area contributed by atoms with Gasteiger partial charge in [0.2, 0.25) is 0 Å². The van der Waals surface area contributed by atoms with Crippen LogP contribution in [0.15, 0.2) is 18.2 Å². The molecule has 0 saturated carbocycles. The normalized spacial score (nSPS) is 13.1. The fraction of sp³-hybridized carbons (Fsp3) is 0.600. The Kier molecular flexibility index (Phi) is 7.14. The van der Waals surface area contributed by atoms with Crippen molar-refractivity contribution < 1.29 is 18.3 Å². The molecule has 2 N–H and O–H groups in total. The van der Waals surface area contributed by atoms with Crippen molar-refractivity contribution in [2.75, 3.05) is 31.2 Å². The van der Waals surface area contributed by atoms with Crippen LogP contribution in [-0.4, -0.2) is 50.8 Å². The van der Waals surface area contributed by atoms with Crippen molar-refractivity contribution in [1.82, 2.24) is 5.32 Å². The van der Waals surface area contributed by atoms with Crippen LogP contribution < -0.4 is 10.1 Å². The zero-order chi connectivity index (χ0) is 15.9. The SMILES string of the molecule is CCS(=O)(=O)CCNCC(O)COc1cc(C)ccc1C. The van der Waals surface area contributed by atoms with E-state index in [-0.39, 0.29) is 18.1 Å². The van der Waals surface area contributed by atoms with Crippen LogP contribution in [0, 0.1) is 13.8 Å². The zero-order valence-electron chi connectivity index (χ0n) is 12.9. The summed E-state index contributed by atoms with van der Waals surface area (Å²) in [6.07, 6.45) is -0.672. The molecule has 1 aromatic carbocycles. The third-order valence-corrected chi connectivity index (χ3v) is 4.89. The van der Waals surface area contributed by atoms with Crippen LogP contribution in [0.3, 0.4) is 0 Å². The minimum Gasteiger partial charge on any atom is -0.491 e. The van der Waals surface area contributed by atoms with Crippen LogP contribution in [0.4, 0.5) is 0 Å². The lowest BCUT2D eigenvalue weighted by Gasteiger charge is -2.15. The van der Waals surface area contributed by atoms with E-state index in [1.807, 2.05) is 32.0 Å². The minimum absolute atomic E-state index is 0.0913. The molecule has 0 fully saturated rings. The van der Waals surface area contributed by atoms with Gasteiger partial charge in [-0.3, -0.25) is 0 Å². The summed E-state index contributed by atoms with van der Waals surface area (Å²) in [6, 6.07) is 5.92. The lowest BCUT2D eigenvalue weighted by molar-refractivity contribution is 0.106. The Hall–Kier alpha value is -1.11.